The van der Waals surface area contributed by atoms with E-state index >= 15 is 0 Å². The number of hydrogen-bond donors (Lipinski definition) is 1. The summed E-state index contributed by atoms with van der Waals surface area (Å²) < 4.78 is 11.0. The zero-order chi connectivity index (χ0) is 25.5. The van der Waals surface area contributed by atoms with Crippen LogP contribution in [0, 0.1) is 0 Å². The molecular formula is C30H31NO5. The molecule has 0 saturated carbocycles. The predicted molar refractivity (Wildman–Crippen MR) is 139 cm³/mol. The Balaban J connectivity index is 1.66. The molecule has 0 aliphatic carbocycles. The van der Waals surface area contributed by atoms with Gasteiger partial charge < -0.3 is 19.5 Å². The van der Waals surface area contributed by atoms with Crippen LogP contribution < -0.4 is 4.74 Å². The average Bonchev–Trinajstić information content (AvgIpc) is 3.17. The standard InChI is InChI=1S/C30H31NO5/c1-3-21-10-12-24(13-11-21)28(32)26-27(31(18-7-19-35-2)30(34)29(26)33)23-14-16-25(17-15-23)36-20-22-8-5-4-6-9-22/h4-6,8-17,27,32H,3,7,18-20H2,1-2H3/b28-26-. The van der Waals surface area contributed by atoms with Crippen LogP contribution in [0.4, 0.5) is 0 Å². The van der Waals surface area contributed by atoms with Crippen LogP contribution in [0.1, 0.15) is 41.6 Å². The number of aliphatic hydroxyl groups is 1. The zero-order valence-electron chi connectivity index (χ0n) is 20.6. The Labute approximate surface area is 211 Å². The highest BCUT2D eigenvalue weighted by Crippen LogP contribution is 2.40. The molecule has 0 spiro atoms. The lowest BCUT2D eigenvalue weighted by Gasteiger charge is -2.25. The zero-order valence-corrected chi connectivity index (χ0v) is 20.6. The van der Waals surface area contributed by atoms with Crippen molar-refractivity contribution in [3.05, 3.63) is 107 Å². The van der Waals surface area contributed by atoms with E-state index in [0.717, 1.165) is 23.1 Å². The summed E-state index contributed by atoms with van der Waals surface area (Å²) in [5, 5.41) is 11.2. The van der Waals surface area contributed by atoms with Crippen LogP contribution in [0.3, 0.4) is 0 Å². The molecule has 1 saturated heterocycles. The number of Topliss-reactive ketones (excluding diaryl/α,β-unsaturated/α-hetero) is 1. The van der Waals surface area contributed by atoms with E-state index in [1.54, 1.807) is 19.2 Å². The van der Waals surface area contributed by atoms with Crippen LogP contribution in [0.2, 0.25) is 0 Å². The fourth-order valence-electron chi connectivity index (χ4n) is 4.38. The van der Waals surface area contributed by atoms with Crippen LogP contribution in [0.15, 0.2) is 84.4 Å². The highest BCUT2D eigenvalue weighted by Gasteiger charge is 2.45. The molecule has 6 heteroatoms. The summed E-state index contributed by atoms with van der Waals surface area (Å²) >= 11 is 0. The van der Waals surface area contributed by atoms with Crippen molar-refractivity contribution < 1.29 is 24.2 Å². The smallest absolute Gasteiger partial charge is 0.295 e. The molecule has 1 amide bonds. The topological polar surface area (TPSA) is 76.1 Å². The lowest BCUT2D eigenvalue weighted by molar-refractivity contribution is -0.140. The molecule has 36 heavy (non-hydrogen) atoms. The molecule has 1 atom stereocenters. The van der Waals surface area contributed by atoms with Crippen molar-refractivity contribution in [3.8, 4) is 5.75 Å². The largest absolute Gasteiger partial charge is 0.507 e. The van der Waals surface area contributed by atoms with Gasteiger partial charge in [0.1, 0.15) is 18.1 Å². The molecule has 1 aliphatic rings. The van der Waals surface area contributed by atoms with Gasteiger partial charge in [0.15, 0.2) is 0 Å². The first-order valence-corrected chi connectivity index (χ1v) is 12.2. The predicted octanol–water partition coefficient (Wildman–Crippen LogP) is 5.29. The Kier molecular flexibility index (Phi) is 8.18. The summed E-state index contributed by atoms with van der Waals surface area (Å²) in [5.41, 5.74) is 3.51. The SMILES string of the molecule is CCc1ccc(/C(O)=C2/C(=O)C(=O)N(CCCOC)C2c2ccc(OCc3ccccc3)cc2)cc1. The second-order valence-corrected chi connectivity index (χ2v) is 8.73. The van der Waals surface area contributed by atoms with E-state index in [4.69, 9.17) is 9.47 Å². The Hall–Kier alpha value is -3.90. The van der Waals surface area contributed by atoms with E-state index in [1.165, 1.54) is 4.90 Å². The number of aliphatic hydroxyl groups excluding tert-OH is 1. The van der Waals surface area contributed by atoms with Crippen LogP contribution in [0.25, 0.3) is 5.76 Å². The highest BCUT2D eigenvalue weighted by atomic mass is 16.5. The lowest BCUT2D eigenvalue weighted by Crippen LogP contribution is -2.31. The van der Waals surface area contributed by atoms with Gasteiger partial charge >= 0.3 is 0 Å². The minimum absolute atomic E-state index is 0.0969. The molecule has 1 aliphatic heterocycles. The van der Waals surface area contributed by atoms with E-state index in [-0.39, 0.29) is 11.3 Å². The Bertz CT molecular complexity index is 1220. The molecule has 6 nitrogen and oxygen atoms in total. The Morgan fingerprint density at radius 2 is 1.61 bits per heavy atom. The Morgan fingerprint density at radius 1 is 0.917 bits per heavy atom. The molecule has 0 aromatic heterocycles. The molecular weight excluding hydrogens is 454 g/mol. The van der Waals surface area contributed by atoms with Crippen molar-refractivity contribution in [1.29, 1.82) is 0 Å². The molecule has 0 bridgehead atoms. The molecule has 3 aromatic carbocycles. The van der Waals surface area contributed by atoms with Crippen molar-refractivity contribution in [2.75, 3.05) is 20.3 Å². The molecule has 1 heterocycles. The summed E-state index contributed by atoms with van der Waals surface area (Å²) in [6.45, 7) is 3.28. The first-order chi connectivity index (χ1) is 17.5. The number of rotatable bonds is 10. The van der Waals surface area contributed by atoms with Crippen LogP contribution in [-0.2, 0) is 27.4 Å². The molecule has 4 rings (SSSR count). The minimum Gasteiger partial charge on any atom is -0.507 e. The summed E-state index contributed by atoms with van der Waals surface area (Å²) in [6, 6.07) is 23.9. The maximum Gasteiger partial charge on any atom is 0.295 e. The van der Waals surface area contributed by atoms with E-state index in [9.17, 15) is 14.7 Å². The molecule has 1 fully saturated rings. The summed E-state index contributed by atoms with van der Waals surface area (Å²) in [5.74, 6) is -0.792. The number of aryl methyl sites for hydroxylation is 1. The van der Waals surface area contributed by atoms with Gasteiger partial charge in [-0.05, 0) is 41.7 Å². The quantitative estimate of drug-likeness (QED) is 0.183. The number of likely N-dealkylation sites (tertiary alicyclic amines) is 1. The van der Waals surface area contributed by atoms with Gasteiger partial charge in [-0.25, -0.2) is 0 Å². The normalized spacial score (nSPS) is 16.9. The number of ketones is 1. The van der Waals surface area contributed by atoms with Crippen LogP contribution in [-0.4, -0.2) is 42.0 Å². The van der Waals surface area contributed by atoms with Gasteiger partial charge in [0.25, 0.3) is 11.7 Å². The number of benzene rings is 3. The number of nitrogens with zero attached hydrogens (tertiary/aromatic N) is 1. The monoisotopic (exact) mass is 485 g/mol. The highest BCUT2D eigenvalue weighted by molar-refractivity contribution is 6.46. The number of ether oxygens (including phenoxy) is 2. The summed E-state index contributed by atoms with van der Waals surface area (Å²) in [4.78, 5) is 27.7. The first kappa shape index (κ1) is 25.2. The van der Waals surface area contributed by atoms with E-state index < -0.39 is 17.7 Å². The van der Waals surface area contributed by atoms with E-state index in [1.807, 2.05) is 73.7 Å². The van der Waals surface area contributed by atoms with Gasteiger partial charge in [0, 0.05) is 25.8 Å². The van der Waals surface area contributed by atoms with Gasteiger partial charge in [-0.1, -0.05) is 73.7 Å². The second kappa shape index (κ2) is 11.7. The van der Waals surface area contributed by atoms with E-state index in [2.05, 4.69) is 0 Å². The minimum atomic E-state index is -0.698. The summed E-state index contributed by atoms with van der Waals surface area (Å²) in [6.07, 6.45) is 1.44. The molecule has 1 unspecified atom stereocenters. The maximum atomic E-state index is 13.1. The van der Waals surface area contributed by atoms with Gasteiger partial charge in [-0.2, -0.15) is 0 Å². The van der Waals surface area contributed by atoms with Crippen molar-refractivity contribution in [2.45, 2.75) is 32.4 Å². The molecule has 3 aromatic rings. The third-order valence-corrected chi connectivity index (χ3v) is 6.37. The van der Waals surface area contributed by atoms with Gasteiger partial charge in [-0.15, -0.1) is 0 Å². The second-order valence-electron chi connectivity index (χ2n) is 8.73. The third kappa shape index (κ3) is 5.50. The maximum absolute atomic E-state index is 13.1. The van der Waals surface area contributed by atoms with Gasteiger partial charge in [-0.3, -0.25) is 9.59 Å². The van der Waals surface area contributed by atoms with Crippen LogP contribution >= 0.6 is 0 Å². The third-order valence-electron chi connectivity index (χ3n) is 6.37. The van der Waals surface area contributed by atoms with Crippen molar-refractivity contribution >= 4 is 17.4 Å². The first-order valence-electron chi connectivity index (χ1n) is 12.2. The number of carbonyl (C=O) groups excluding carboxylic acids is 2. The fourth-order valence-corrected chi connectivity index (χ4v) is 4.38. The molecule has 0 radical (unpaired) electrons. The Morgan fingerprint density at radius 3 is 2.25 bits per heavy atom. The average molecular weight is 486 g/mol. The summed E-state index contributed by atoms with van der Waals surface area (Å²) in [7, 11) is 1.60. The lowest BCUT2D eigenvalue weighted by atomic mass is 9.95. The number of hydrogen-bond acceptors (Lipinski definition) is 5. The number of carbonyl (C=O) groups is 2. The fraction of sp³-hybridized carbons (Fsp3) is 0.267. The van der Waals surface area contributed by atoms with Crippen LogP contribution in [0.5, 0.6) is 5.75 Å². The van der Waals surface area contributed by atoms with Gasteiger partial charge in [0.05, 0.1) is 11.6 Å². The number of methoxy groups -OCH3 is 1. The number of amides is 1. The van der Waals surface area contributed by atoms with E-state index in [0.29, 0.717) is 37.5 Å². The van der Waals surface area contributed by atoms with Crippen molar-refractivity contribution in [2.24, 2.45) is 0 Å². The molecule has 186 valence electrons. The van der Waals surface area contributed by atoms with Gasteiger partial charge in [0.2, 0.25) is 0 Å². The van der Waals surface area contributed by atoms with Crippen molar-refractivity contribution in [1.82, 2.24) is 4.90 Å². The van der Waals surface area contributed by atoms with Crippen molar-refractivity contribution in [3.63, 3.8) is 0 Å². The molecule has 1 N–H and O–H groups in total.